The largest absolute Gasteiger partial charge is 0.493 e. The molecule has 0 aromatic heterocycles. The number of carbonyl (C=O) groups is 1. The standard InChI is InChI=1S/C17H25ClN2O3/c1-17(2,3)23-16(21)20-10-8-12(9-11-20)19-14-7-5-6-13(18)15(14)22-4/h5-7,12,19H,8-11H2,1-4H3. The molecule has 0 bridgehead atoms. The highest BCUT2D eigenvalue weighted by molar-refractivity contribution is 6.32. The number of piperidine rings is 1. The number of nitrogens with one attached hydrogen (secondary N) is 1. The second-order valence-corrected chi connectivity index (χ2v) is 7.11. The van der Waals surface area contributed by atoms with E-state index in [0.717, 1.165) is 18.5 Å². The maximum Gasteiger partial charge on any atom is 0.410 e. The minimum absolute atomic E-state index is 0.240. The number of methoxy groups -OCH3 is 1. The number of likely N-dealkylation sites (tertiary alicyclic amines) is 1. The Morgan fingerprint density at radius 1 is 1.30 bits per heavy atom. The number of benzene rings is 1. The van der Waals surface area contributed by atoms with E-state index in [4.69, 9.17) is 21.1 Å². The van der Waals surface area contributed by atoms with Gasteiger partial charge < -0.3 is 19.7 Å². The Kier molecular flexibility index (Phi) is 5.63. The fourth-order valence-electron chi connectivity index (χ4n) is 2.58. The topological polar surface area (TPSA) is 50.8 Å². The summed E-state index contributed by atoms with van der Waals surface area (Å²) < 4.78 is 10.8. The van der Waals surface area contributed by atoms with Gasteiger partial charge in [-0.3, -0.25) is 0 Å². The number of nitrogens with zero attached hydrogens (tertiary/aromatic N) is 1. The molecule has 0 radical (unpaired) electrons. The highest BCUT2D eigenvalue weighted by Crippen LogP contribution is 2.33. The lowest BCUT2D eigenvalue weighted by molar-refractivity contribution is 0.0210. The van der Waals surface area contributed by atoms with E-state index in [-0.39, 0.29) is 12.1 Å². The van der Waals surface area contributed by atoms with Gasteiger partial charge in [-0.15, -0.1) is 0 Å². The second kappa shape index (κ2) is 7.30. The van der Waals surface area contributed by atoms with E-state index in [1.807, 2.05) is 32.9 Å². The number of hydrogen-bond acceptors (Lipinski definition) is 4. The van der Waals surface area contributed by atoms with Gasteiger partial charge in [0.05, 0.1) is 17.8 Å². The van der Waals surface area contributed by atoms with Crippen molar-refractivity contribution >= 4 is 23.4 Å². The molecule has 0 aliphatic carbocycles. The van der Waals surface area contributed by atoms with Gasteiger partial charge in [-0.05, 0) is 45.7 Å². The molecule has 2 rings (SSSR count). The van der Waals surface area contributed by atoms with Crippen LogP contribution in [0.5, 0.6) is 5.75 Å². The van der Waals surface area contributed by atoms with Gasteiger partial charge in [-0.25, -0.2) is 4.79 Å². The lowest BCUT2D eigenvalue weighted by atomic mass is 10.0. The Bertz CT molecular complexity index is 549. The summed E-state index contributed by atoms with van der Waals surface area (Å²) in [6, 6.07) is 5.92. The van der Waals surface area contributed by atoms with Gasteiger partial charge in [0.15, 0.2) is 5.75 Å². The normalized spacial score (nSPS) is 16.1. The number of rotatable bonds is 3. The number of ether oxygens (including phenoxy) is 2. The predicted octanol–water partition coefficient (Wildman–Crippen LogP) is 4.16. The minimum Gasteiger partial charge on any atom is -0.493 e. The second-order valence-electron chi connectivity index (χ2n) is 6.71. The van der Waals surface area contributed by atoms with Crippen LogP contribution in [0, 0.1) is 0 Å². The summed E-state index contributed by atoms with van der Waals surface area (Å²) in [7, 11) is 1.61. The number of anilines is 1. The van der Waals surface area contributed by atoms with Crippen LogP contribution in [0.2, 0.25) is 5.02 Å². The Labute approximate surface area is 142 Å². The molecule has 6 heteroatoms. The van der Waals surface area contributed by atoms with E-state index in [1.165, 1.54) is 0 Å². The van der Waals surface area contributed by atoms with Gasteiger partial charge in [-0.1, -0.05) is 17.7 Å². The number of hydrogen-bond donors (Lipinski definition) is 1. The number of amides is 1. The SMILES string of the molecule is COc1c(Cl)cccc1NC1CCN(C(=O)OC(C)(C)C)CC1. The lowest BCUT2D eigenvalue weighted by Crippen LogP contribution is -2.44. The number of para-hydroxylation sites is 1. The molecule has 1 aromatic rings. The Hall–Kier alpha value is -1.62. The number of carbonyl (C=O) groups excluding carboxylic acids is 1. The van der Waals surface area contributed by atoms with Crippen LogP contribution in [0.1, 0.15) is 33.6 Å². The van der Waals surface area contributed by atoms with E-state index in [0.29, 0.717) is 23.9 Å². The summed E-state index contributed by atoms with van der Waals surface area (Å²) in [5, 5.41) is 4.05. The molecule has 0 saturated carbocycles. The van der Waals surface area contributed by atoms with Crippen LogP contribution in [0.15, 0.2) is 18.2 Å². The maximum atomic E-state index is 12.1. The summed E-state index contributed by atoms with van der Waals surface area (Å²) >= 11 is 6.14. The van der Waals surface area contributed by atoms with Crippen molar-refractivity contribution in [3.8, 4) is 5.75 Å². The number of halogens is 1. The van der Waals surface area contributed by atoms with Crippen LogP contribution in [0.4, 0.5) is 10.5 Å². The first-order valence-electron chi connectivity index (χ1n) is 7.87. The molecule has 0 atom stereocenters. The fraction of sp³-hybridized carbons (Fsp3) is 0.588. The monoisotopic (exact) mass is 340 g/mol. The Morgan fingerprint density at radius 2 is 1.96 bits per heavy atom. The van der Waals surface area contributed by atoms with Crippen LogP contribution in [-0.2, 0) is 4.74 Å². The molecule has 1 aromatic carbocycles. The van der Waals surface area contributed by atoms with Crippen molar-refractivity contribution in [3.05, 3.63) is 23.2 Å². The molecule has 1 aliphatic rings. The molecular weight excluding hydrogens is 316 g/mol. The zero-order valence-electron chi connectivity index (χ0n) is 14.2. The van der Waals surface area contributed by atoms with Crippen molar-refractivity contribution < 1.29 is 14.3 Å². The van der Waals surface area contributed by atoms with Crippen molar-refractivity contribution in [2.75, 3.05) is 25.5 Å². The molecule has 1 amide bonds. The highest BCUT2D eigenvalue weighted by atomic mass is 35.5. The highest BCUT2D eigenvalue weighted by Gasteiger charge is 2.27. The molecule has 5 nitrogen and oxygen atoms in total. The first-order chi connectivity index (χ1) is 10.8. The van der Waals surface area contributed by atoms with Crippen LogP contribution < -0.4 is 10.1 Å². The van der Waals surface area contributed by atoms with Gasteiger partial charge in [0.2, 0.25) is 0 Å². The van der Waals surface area contributed by atoms with Crippen molar-refractivity contribution in [2.45, 2.75) is 45.3 Å². The van der Waals surface area contributed by atoms with E-state index in [1.54, 1.807) is 18.1 Å². The summed E-state index contributed by atoms with van der Waals surface area (Å²) in [5.41, 5.74) is 0.427. The quantitative estimate of drug-likeness (QED) is 0.897. The third-order valence-electron chi connectivity index (χ3n) is 3.68. The molecule has 0 unspecified atom stereocenters. The molecule has 0 spiro atoms. The first kappa shape index (κ1) is 17.7. The third kappa shape index (κ3) is 4.93. The summed E-state index contributed by atoms with van der Waals surface area (Å²) in [4.78, 5) is 13.8. The van der Waals surface area contributed by atoms with Crippen molar-refractivity contribution in [1.82, 2.24) is 4.90 Å². The average Bonchev–Trinajstić information content (AvgIpc) is 2.46. The Balaban J connectivity index is 1.90. The maximum absolute atomic E-state index is 12.1. The van der Waals surface area contributed by atoms with Crippen LogP contribution in [-0.4, -0.2) is 42.8 Å². The minimum atomic E-state index is -0.458. The predicted molar refractivity (Wildman–Crippen MR) is 92.5 cm³/mol. The molecule has 1 fully saturated rings. The summed E-state index contributed by atoms with van der Waals surface area (Å²) in [6.07, 6.45) is 1.47. The zero-order valence-corrected chi connectivity index (χ0v) is 14.9. The molecule has 23 heavy (non-hydrogen) atoms. The van der Waals surface area contributed by atoms with Gasteiger partial charge >= 0.3 is 6.09 Å². The van der Waals surface area contributed by atoms with Crippen molar-refractivity contribution in [2.24, 2.45) is 0 Å². The molecule has 128 valence electrons. The van der Waals surface area contributed by atoms with Crippen LogP contribution in [0.3, 0.4) is 0 Å². The molecular formula is C17H25ClN2O3. The summed E-state index contributed by atoms with van der Waals surface area (Å²) in [6.45, 7) is 6.99. The average molecular weight is 341 g/mol. The van der Waals surface area contributed by atoms with Gasteiger partial charge in [0.1, 0.15) is 5.60 Å². The van der Waals surface area contributed by atoms with E-state index in [2.05, 4.69) is 5.32 Å². The van der Waals surface area contributed by atoms with Crippen molar-refractivity contribution in [1.29, 1.82) is 0 Å². The third-order valence-corrected chi connectivity index (χ3v) is 3.98. The molecule has 1 saturated heterocycles. The Morgan fingerprint density at radius 3 is 2.52 bits per heavy atom. The smallest absolute Gasteiger partial charge is 0.410 e. The molecule has 1 aliphatic heterocycles. The van der Waals surface area contributed by atoms with Gasteiger partial charge in [0, 0.05) is 19.1 Å². The van der Waals surface area contributed by atoms with E-state index >= 15 is 0 Å². The molecule has 1 heterocycles. The lowest BCUT2D eigenvalue weighted by Gasteiger charge is -2.34. The zero-order chi connectivity index (χ0) is 17.0. The van der Waals surface area contributed by atoms with Crippen LogP contribution in [0.25, 0.3) is 0 Å². The van der Waals surface area contributed by atoms with E-state index in [9.17, 15) is 4.79 Å². The van der Waals surface area contributed by atoms with Gasteiger partial charge in [0.25, 0.3) is 0 Å². The van der Waals surface area contributed by atoms with Gasteiger partial charge in [-0.2, -0.15) is 0 Å². The van der Waals surface area contributed by atoms with Crippen LogP contribution >= 0.6 is 11.6 Å². The van der Waals surface area contributed by atoms with Crippen molar-refractivity contribution in [3.63, 3.8) is 0 Å². The first-order valence-corrected chi connectivity index (χ1v) is 8.25. The van der Waals surface area contributed by atoms with E-state index < -0.39 is 5.60 Å². The summed E-state index contributed by atoms with van der Waals surface area (Å²) in [5.74, 6) is 0.656. The molecule has 1 N–H and O–H groups in total. The fourth-order valence-corrected chi connectivity index (χ4v) is 2.83.